The second-order valence-corrected chi connectivity index (χ2v) is 2.46. The lowest BCUT2D eigenvalue weighted by Gasteiger charge is -2.01. The van der Waals surface area contributed by atoms with Gasteiger partial charge in [-0.25, -0.2) is 19.9 Å². The van der Waals surface area contributed by atoms with Gasteiger partial charge in [-0.3, -0.25) is 4.98 Å². The molecule has 0 aliphatic rings. The third-order valence-electron chi connectivity index (χ3n) is 1.58. The molecule has 2 aromatic heterocycles. The minimum atomic E-state index is -0.629. The van der Waals surface area contributed by atoms with E-state index in [0.717, 1.165) is 5.52 Å². The fourth-order valence-electron chi connectivity index (χ4n) is 1.07. The predicted molar refractivity (Wildman–Crippen MR) is 46.5 cm³/mol. The van der Waals surface area contributed by atoms with E-state index in [0.29, 0.717) is 5.52 Å². The molecule has 0 atom stereocenters. The van der Waals surface area contributed by atoms with Gasteiger partial charge in [0.1, 0.15) is 11.8 Å². The molecule has 0 saturated carbocycles. The summed E-state index contributed by atoms with van der Waals surface area (Å²) in [5, 5.41) is 0. The van der Waals surface area contributed by atoms with E-state index in [4.69, 9.17) is 5.73 Å². The number of imidazole rings is 1. The third kappa shape index (κ3) is 1.28. The summed E-state index contributed by atoms with van der Waals surface area (Å²) in [6, 6.07) is 1.11. The molecule has 0 fully saturated rings. The van der Waals surface area contributed by atoms with Crippen molar-refractivity contribution >= 4 is 17.1 Å². The Hall–Kier alpha value is -2.11. The first-order valence-electron chi connectivity index (χ1n) is 3.61. The number of carbonyl (C=O) groups excluding carboxylic acids is 1. The monoisotopic (exact) mass is 177 g/mol. The van der Waals surface area contributed by atoms with E-state index in [-0.39, 0.29) is 0 Å². The van der Waals surface area contributed by atoms with Crippen molar-refractivity contribution in [1.29, 1.82) is 0 Å². The molecule has 0 aromatic carbocycles. The number of urea groups is 1. The molecule has 3 N–H and O–H groups in total. The standard InChI is InChI=1S/C7H7N5O/c8-7(13)11-12-4-10-5-3-9-2-1-6(5)12/h1-4H,(H3,8,11,13). The molecule has 6 heteroatoms. The second kappa shape index (κ2) is 2.74. The van der Waals surface area contributed by atoms with Crippen LogP contribution in [0, 0.1) is 0 Å². The summed E-state index contributed by atoms with van der Waals surface area (Å²) in [7, 11) is 0. The van der Waals surface area contributed by atoms with E-state index < -0.39 is 6.03 Å². The fraction of sp³-hybridized carbons (Fsp3) is 0. The fourth-order valence-corrected chi connectivity index (χ4v) is 1.07. The lowest BCUT2D eigenvalue weighted by atomic mass is 10.4. The maximum absolute atomic E-state index is 10.6. The first kappa shape index (κ1) is 7.53. The number of nitrogens with two attached hydrogens (primary N) is 1. The van der Waals surface area contributed by atoms with E-state index >= 15 is 0 Å². The Bertz CT molecular complexity index is 449. The topological polar surface area (TPSA) is 85.8 Å². The van der Waals surface area contributed by atoms with Gasteiger partial charge in [-0.15, -0.1) is 0 Å². The quantitative estimate of drug-likeness (QED) is 0.645. The Kier molecular flexibility index (Phi) is 1.59. The number of amides is 2. The number of fused-ring (bicyclic) bond motifs is 1. The lowest BCUT2D eigenvalue weighted by Crippen LogP contribution is -2.27. The van der Waals surface area contributed by atoms with E-state index in [1.165, 1.54) is 11.0 Å². The summed E-state index contributed by atoms with van der Waals surface area (Å²) < 4.78 is 1.44. The van der Waals surface area contributed by atoms with Crippen molar-refractivity contribution in [2.75, 3.05) is 5.43 Å². The molecule has 0 saturated heterocycles. The maximum atomic E-state index is 10.6. The molecular formula is C7H7N5O. The van der Waals surface area contributed by atoms with Gasteiger partial charge in [0.2, 0.25) is 0 Å². The molecule has 0 unspecified atom stereocenters. The molecule has 6 nitrogen and oxygen atoms in total. The molecule has 2 rings (SSSR count). The van der Waals surface area contributed by atoms with Crippen molar-refractivity contribution in [2.24, 2.45) is 5.73 Å². The zero-order valence-electron chi connectivity index (χ0n) is 6.64. The van der Waals surface area contributed by atoms with Crippen molar-refractivity contribution < 1.29 is 4.79 Å². The van der Waals surface area contributed by atoms with Crippen molar-refractivity contribution in [1.82, 2.24) is 14.6 Å². The van der Waals surface area contributed by atoms with Crippen LogP contribution in [0.1, 0.15) is 0 Å². The number of rotatable bonds is 1. The summed E-state index contributed by atoms with van der Waals surface area (Å²) in [6.07, 6.45) is 4.69. The summed E-state index contributed by atoms with van der Waals surface area (Å²) in [4.78, 5) is 18.4. The highest BCUT2D eigenvalue weighted by atomic mass is 16.2. The van der Waals surface area contributed by atoms with Gasteiger partial charge in [0, 0.05) is 6.20 Å². The number of primary amides is 1. The predicted octanol–water partition coefficient (Wildman–Crippen LogP) is 0.0535. The normalized spacial score (nSPS) is 10.2. The van der Waals surface area contributed by atoms with Crippen LogP contribution in [0.3, 0.4) is 0 Å². The number of nitrogens with zero attached hydrogens (tertiary/aromatic N) is 3. The lowest BCUT2D eigenvalue weighted by molar-refractivity contribution is 0.257. The van der Waals surface area contributed by atoms with E-state index in [9.17, 15) is 4.79 Å². The highest BCUT2D eigenvalue weighted by Crippen LogP contribution is 2.07. The second-order valence-electron chi connectivity index (χ2n) is 2.46. The summed E-state index contributed by atoms with van der Waals surface area (Å²) in [5.41, 5.74) is 8.82. The van der Waals surface area contributed by atoms with Crippen molar-refractivity contribution in [2.45, 2.75) is 0 Å². The van der Waals surface area contributed by atoms with Crippen LogP contribution in [0.15, 0.2) is 24.8 Å². The zero-order valence-corrected chi connectivity index (χ0v) is 6.64. The van der Waals surface area contributed by atoms with Crippen molar-refractivity contribution in [3.05, 3.63) is 24.8 Å². The number of nitrogens with one attached hydrogen (secondary N) is 1. The number of hydrogen-bond acceptors (Lipinski definition) is 3. The summed E-state index contributed by atoms with van der Waals surface area (Å²) >= 11 is 0. The van der Waals surface area contributed by atoms with Crippen LogP contribution in [0.2, 0.25) is 0 Å². The van der Waals surface area contributed by atoms with Crippen molar-refractivity contribution in [3.8, 4) is 0 Å². The van der Waals surface area contributed by atoms with Gasteiger partial charge < -0.3 is 5.73 Å². The molecule has 2 aromatic rings. The van der Waals surface area contributed by atoms with Gasteiger partial charge in [0.25, 0.3) is 0 Å². The first-order chi connectivity index (χ1) is 6.27. The molecular weight excluding hydrogens is 170 g/mol. The number of aromatic nitrogens is 3. The highest BCUT2D eigenvalue weighted by molar-refractivity contribution is 5.83. The molecule has 13 heavy (non-hydrogen) atoms. The molecule has 0 aliphatic heterocycles. The van der Waals surface area contributed by atoms with Gasteiger partial charge in [-0.2, -0.15) is 0 Å². The summed E-state index contributed by atoms with van der Waals surface area (Å²) in [5.74, 6) is 0. The van der Waals surface area contributed by atoms with E-state index in [2.05, 4.69) is 15.4 Å². The maximum Gasteiger partial charge on any atom is 0.331 e. The minimum absolute atomic E-state index is 0.629. The Balaban J connectivity index is 2.51. The largest absolute Gasteiger partial charge is 0.350 e. The minimum Gasteiger partial charge on any atom is -0.350 e. The van der Waals surface area contributed by atoms with Crippen LogP contribution in [0.5, 0.6) is 0 Å². The van der Waals surface area contributed by atoms with E-state index in [1.807, 2.05) is 0 Å². The van der Waals surface area contributed by atoms with Crippen molar-refractivity contribution in [3.63, 3.8) is 0 Å². The average molecular weight is 177 g/mol. The van der Waals surface area contributed by atoms with E-state index in [1.54, 1.807) is 18.5 Å². The Morgan fingerprint density at radius 3 is 3.23 bits per heavy atom. The van der Waals surface area contributed by atoms with Gasteiger partial charge >= 0.3 is 6.03 Å². The number of carbonyl (C=O) groups is 1. The SMILES string of the molecule is NC(=O)Nn1cnc2cnccc21. The van der Waals surface area contributed by atoms with Gasteiger partial charge in [-0.05, 0) is 6.07 Å². The molecule has 0 aliphatic carbocycles. The van der Waals surface area contributed by atoms with Crippen LogP contribution < -0.4 is 11.2 Å². The first-order valence-corrected chi connectivity index (χ1v) is 3.61. The smallest absolute Gasteiger partial charge is 0.331 e. The Labute approximate surface area is 73.4 Å². The van der Waals surface area contributed by atoms with Crippen LogP contribution in [0.25, 0.3) is 11.0 Å². The van der Waals surface area contributed by atoms with Gasteiger partial charge in [0.05, 0.1) is 11.7 Å². The van der Waals surface area contributed by atoms with Gasteiger partial charge in [-0.1, -0.05) is 0 Å². The van der Waals surface area contributed by atoms with Crippen LogP contribution >= 0.6 is 0 Å². The number of hydrogen-bond donors (Lipinski definition) is 2. The Morgan fingerprint density at radius 1 is 1.62 bits per heavy atom. The zero-order chi connectivity index (χ0) is 9.26. The van der Waals surface area contributed by atoms with Crippen LogP contribution in [0.4, 0.5) is 4.79 Å². The highest BCUT2D eigenvalue weighted by Gasteiger charge is 2.01. The molecule has 0 bridgehead atoms. The molecule has 0 radical (unpaired) electrons. The molecule has 66 valence electrons. The Morgan fingerprint density at radius 2 is 2.46 bits per heavy atom. The molecule has 2 heterocycles. The van der Waals surface area contributed by atoms with Crippen LogP contribution in [-0.2, 0) is 0 Å². The van der Waals surface area contributed by atoms with Crippen LogP contribution in [-0.4, -0.2) is 20.7 Å². The average Bonchev–Trinajstić information content (AvgIpc) is 2.48. The summed E-state index contributed by atoms with van der Waals surface area (Å²) in [6.45, 7) is 0. The molecule has 0 spiro atoms. The number of pyridine rings is 1. The molecule has 2 amide bonds. The third-order valence-corrected chi connectivity index (χ3v) is 1.58. The van der Waals surface area contributed by atoms with Gasteiger partial charge in [0.15, 0.2) is 0 Å².